The maximum absolute atomic E-state index is 13.0. The number of carbonyl (C=O) groups excluding carboxylic acids is 1. The first-order valence-corrected chi connectivity index (χ1v) is 12.1. The number of hydrogen-bond donors (Lipinski definition) is 2. The van der Waals surface area contributed by atoms with Gasteiger partial charge in [-0.25, -0.2) is 17.8 Å². The molecule has 2 aromatic carbocycles. The van der Waals surface area contributed by atoms with Crippen LogP contribution in [0.15, 0.2) is 63.7 Å². The highest BCUT2D eigenvalue weighted by atomic mass is 32.2. The van der Waals surface area contributed by atoms with E-state index in [9.17, 15) is 17.6 Å². The zero-order valence-electron chi connectivity index (χ0n) is 15.4. The predicted octanol–water partition coefficient (Wildman–Crippen LogP) is 4.38. The summed E-state index contributed by atoms with van der Waals surface area (Å²) in [6, 6.07) is 12.1. The first-order valence-electron chi connectivity index (χ1n) is 8.52. The molecule has 0 bridgehead atoms. The summed E-state index contributed by atoms with van der Waals surface area (Å²) in [6.07, 6.45) is 2.56. The number of thioether (sulfide) groups is 1. The highest BCUT2D eigenvalue weighted by Gasteiger charge is 2.16. The second-order valence-corrected chi connectivity index (χ2v) is 9.40. The van der Waals surface area contributed by atoms with Gasteiger partial charge in [-0.3, -0.25) is 9.52 Å². The fourth-order valence-electron chi connectivity index (χ4n) is 2.42. The van der Waals surface area contributed by atoms with Crippen LogP contribution in [0.25, 0.3) is 0 Å². The fourth-order valence-corrected chi connectivity index (χ4v) is 4.88. The number of nitrogens with one attached hydrogen (secondary N) is 2. The van der Waals surface area contributed by atoms with Gasteiger partial charge in [-0.15, -0.1) is 23.1 Å². The Morgan fingerprint density at radius 2 is 1.97 bits per heavy atom. The van der Waals surface area contributed by atoms with Gasteiger partial charge < -0.3 is 5.32 Å². The zero-order chi connectivity index (χ0) is 20.9. The van der Waals surface area contributed by atoms with Crippen LogP contribution in [0.2, 0.25) is 0 Å². The molecule has 0 aliphatic heterocycles. The summed E-state index contributed by atoms with van der Waals surface area (Å²) in [5.41, 5.74) is 1.34. The standard InChI is InChI=1S/C19H18FN3O3S3/c1-27-16-4-2-3-14(11-16)21-18(24)10-7-15-12-28-19(22-15)23-29(25,26)17-8-5-13(20)6-9-17/h2-6,8-9,11-12H,7,10H2,1H3,(H,21,24)(H,22,23). The molecule has 0 saturated carbocycles. The van der Waals surface area contributed by atoms with Crippen LogP contribution in [-0.4, -0.2) is 25.6 Å². The van der Waals surface area contributed by atoms with Gasteiger partial charge in [0, 0.05) is 22.4 Å². The normalized spacial score (nSPS) is 11.2. The Hall–Kier alpha value is -2.43. The third-order valence-electron chi connectivity index (χ3n) is 3.86. The topological polar surface area (TPSA) is 88.2 Å². The van der Waals surface area contributed by atoms with Crippen molar-refractivity contribution in [1.29, 1.82) is 0 Å². The van der Waals surface area contributed by atoms with Crippen molar-refractivity contribution in [2.45, 2.75) is 22.6 Å². The van der Waals surface area contributed by atoms with Gasteiger partial charge in [0.15, 0.2) is 5.13 Å². The third-order valence-corrected chi connectivity index (χ3v) is 6.87. The Balaban J connectivity index is 1.56. The molecule has 10 heteroatoms. The molecular weight excluding hydrogens is 433 g/mol. The Morgan fingerprint density at radius 3 is 2.69 bits per heavy atom. The second-order valence-electron chi connectivity index (χ2n) is 5.98. The predicted molar refractivity (Wildman–Crippen MR) is 114 cm³/mol. The van der Waals surface area contributed by atoms with Gasteiger partial charge in [-0.1, -0.05) is 6.07 Å². The Kier molecular flexibility index (Phi) is 6.88. The monoisotopic (exact) mass is 451 g/mol. The van der Waals surface area contributed by atoms with E-state index in [1.807, 2.05) is 30.5 Å². The third kappa shape index (κ3) is 6.02. The number of amides is 1. The SMILES string of the molecule is CSc1cccc(NC(=O)CCc2csc(NS(=O)(=O)c3ccc(F)cc3)n2)c1. The van der Waals surface area contributed by atoms with Crippen molar-refractivity contribution in [3.63, 3.8) is 0 Å². The number of anilines is 2. The summed E-state index contributed by atoms with van der Waals surface area (Å²) in [6.45, 7) is 0. The van der Waals surface area contributed by atoms with E-state index in [0.29, 0.717) is 12.1 Å². The van der Waals surface area contributed by atoms with Crippen LogP contribution in [0.5, 0.6) is 0 Å². The molecule has 1 amide bonds. The van der Waals surface area contributed by atoms with E-state index in [0.717, 1.165) is 34.1 Å². The largest absolute Gasteiger partial charge is 0.326 e. The lowest BCUT2D eigenvalue weighted by Crippen LogP contribution is -2.13. The van der Waals surface area contributed by atoms with E-state index in [-0.39, 0.29) is 22.4 Å². The van der Waals surface area contributed by atoms with Gasteiger partial charge in [0.25, 0.3) is 10.0 Å². The van der Waals surface area contributed by atoms with Crippen molar-refractivity contribution in [3.8, 4) is 0 Å². The van der Waals surface area contributed by atoms with E-state index in [2.05, 4.69) is 15.0 Å². The number of hydrogen-bond acceptors (Lipinski definition) is 6. The van der Waals surface area contributed by atoms with Crippen LogP contribution in [-0.2, 0) is 21.2 Å². The number of rotatable bonds is 8. The first-order chi connectivity index (χ1) is 13.9. The molecule has 0 radical (unpaired) electrons. The molecule has 152 valence electrons. The van der Waals surface area contributed by atoms with Crippen LogP contribution < -0.4 is 10.0 Å². The molecule has 0 fully saturated rings. The highest BCUT2D eigenvalue weighted by molar-refractivity contribution is 7.98. The second kappa shape index (κ2) is 9.38. The van der Waals surface area contributed by atoms with Crippen LogP contribution in [0.4, 0.5) is 15.2 Å². The van der Waals surface area contributed by atoms with Crippen molar-refractivity contribution in [2.75, 3.05) is 16.3 Å². The molecule has 3 rings (SSSR count). The van der Waals surface area contributed by atoms with Crippen LogP contribution in [0.3, 0.4) is 0 Å². The number of sulfonamides is 1. The van der Waals surface area contributed by atoms with Gasteiger partial charge >= 0.3 is 0 Å². The molecule has 1 aromatic heterocycles. The van der Waals surface area contributed by atoms with E-state index in [4.69, 9.17) is 0 Å². The van der Waals surface area contributed by atoms with Gasteiger partial charge in [0.05, 0.1) is 10.6 Å². The number of benzene rings is 2. The van der Waals surface area contributed by atoms with Gasteiger partial charge in [-0.05, 0) is 55.1 Å². The molecule has 0 spiro atoms. The summed E-state index contributed by atoms with van der Waals surface area (Å²) < 4.78 is 40.0. The van der Waals surface area contributed by atoms with Crippen molar-refractivity contribution in [1.82, 2.24) is 4.98 Å². The molecule has 0 aliphatic carbocycles. The quantitative estimate of drug-likeness (QED) is 0.497. The van der Waals surface area contributed by atoms with Crippen LogP contribution in [0.1, 0.15) is 12.1 Å². The molecule has 2 N–H and O–H groups in total. The zero-order valence-corrected chi connectivity index (χ0v) is 17.8. The maximum Gasteiger partial charge on any atom is 0.263 e. The molecule has 1 heterocycles. The van der Waals surface area contributed by atoms with Gasteiger partial charge in [0.2, 0.25) is 5.91 Å². The average Bonchev–Trinajstić information content (AvgIpc) is 3.13. The summed E-state index contributed by atoms with van der Waals surface area (Å²) in [5.74, 6) is -0.663. The minimum Gasteiger partial charge on any atom is -0.326 e. The molecule has 29 heavy (non-hydrogen) atoms. The Morgan fingerprint density at radius 1 is 1.21 bits per heavy atom. The lowest BCUT2D eigenvalue weighted by atomic mass is 10.2. The van der Waals surface area contributed by atoms with E-state index in [1.165, 1.54) is 12.1 Å². The van der Waals surface area contributed by atoms with Gasteiger partial charge in [0.1, 0.15) is 5.82 Å². The summed E-state index contributed by atoms with van der Waals surface area (Å²) in [5, 5.41) is 4.73. The fraction of sp³-hybridized carbons (Fsp3) is 0.158. The molecule has 0 unspecified atom stereocenters. The van der Waals surface area contributed by atoms with E-state index < -0.39 is 15.8 Å². The van der Waals surface area contributed by atoms with Crippen molar-refractivity contribution in [2.24, 2.45) is 0 Å². The lowest BCUT2D eigenvalue weighted by molar-refractivity contribution is -0.116. The van der Waals surface area contributed by atoms with Crippen molar-refractivity contribution in [3.05, 3.63) is 65.4 Å². The van der Waals surface area contributed by atoms with Crippen LogP contribution >= 0.6 is 23.1 Å². The van der Waals surface area contributed by atoms with Crippen molar-refractivity contribution >= 4 is 49.8 Å². The van der Waals surface area contributed by atoms with E-state index >= 15 is 0 Å². The summed E-state index contributed by atoms with van der Waals surface area (Å²) in [4.78, 5) is 17.4. The number of halogens is 1. The number of thiazole rings is 1. The summed E-state index contributed by atoms with van der Waals surface area (Å²) in [7, 11) is -3.85. The van der Waals surface area contributed by atoms with Gasteiger partial charge in [-0.2, -0.15) is 0 Å². The average molecular weight is 452 g/mol. The Labute approximate surface area is 176 Å². The Bertz CT molecular complexity index is 1100. The lowest BCUT2D eigenvalue weighted by Gasteiger charge is -2.06. The molecule has 0 aliphatic rings. The van der Waals surface area contributed by atoms with E-state index in [1.54, 1.807) is 17.1 Å². The van der Waals surface area contributed by atoms with Crippen molar-refractivity contribution < 1.29 is 17.6 Å². The van der Waals surface area contributed by atoms with Crippen LogP contribution in [0, 0.1) is 5.82 Å². The minimum absolute atomic E-state index is 0.0532. The number of carbonyl (C=O) groups is 1. The molecule has 3 aromatic rings. The number of aromatic nitrogens is 1. The molecular formula is C19H18FN3O3S3. The first kappa shape index (κ1) is 21.3. The highest BCUT2D eigenvalue weighted by Crippen LogP contribution is 2.22. The maximum atomic E-state index is 13.0. The molecule has 6 nitrogen and oxygen atoms in total. The number of aryl methyl sites for hydroxylation is 1. The smallest absolute Gasteiger partial charge is 0.263 e. The molecule has 0 saturated heterocycles. The minimum atomic E-state index is -3.85. The molecule has 0 atom stereocenters. The number of nitrogens with zero attached hydrogens (tertiary/aromatic N) is 1. The summed E-state index contributed by atoms with van der Waals surface area (Å²) >= 11 is 2.72.